The molecule has 0 fully saturated rings. The van der Waals surface area contributed by atoms with Gasteiger partial charge in [0, 0.05) is 31.3 Å². The molecule has 1 rings (SSSR count). The second-order valence-electron chi connectivity index (χ2n) is 3.56. The standard InChI is InChI=1S/C11H17N3O2/c1-8(6-12)11(15)14-7-9-3-4-13-10(5-9)16-2/h3-5,8H,6-7,12H2,1-2H3,(H,14,15). The summed E-state index contributed by atoms with van der Waals surface area (Å²) in [4.78, 5) is 15.4. The van der Waals surface area contributed by atoms with Crippen molar-refractivity contribution < 1.29 is 9.53 Å². The van der Waals surface area contributed by atoms with Gasteiger partial charge in [0.1, 0.15) is 0 Å². The van der Waals surface area contributed by atoms with Crippen molar-refractivity contribution in [2.45, 2.75) is 13.5 Å². The highest BCUT2D eigenvalue weighted by Crippen LogP contribution is 2.08. The SMILES string of the molecule is COc1cc(CNC(=O)C(C)CN)ccn1. The molecule has 1 aromatic heterocycles. The predicted molar refractivity (Wildman–Crippen MR) is 60.9 cm³/mol. The summed E-state index contributed by atoms with van der Waals surface area (Å²) < 4.78 is 4.99. The second-order valence-corrected chi connectivity index (χ2v) is 3.56. The Bertz CT molecular complexity index is 355. The Hall–Kier alpha value is -1.62. The summed E-state index contributed by atoms with van der Waals surface area (Å²) in [5.74, 6) is 0.334. The van der Waals surface area contributed by atoms with E-state index in [0.29, 0.717) is 19.0 Å². The molecule has 1 aromatic rings. The van der Waals surface area contributed by atoms with Crippen molar-refractivity contribution in [2.24, 2.45) is 11.7 Å². The number of rotatable bonds is 5. The number of hydrogen-bond donors (Lipinski definition) is 2. The van der Waals surface area contributed by atoms with E-state index in [1.54, 1.807) is 26.3 Å². The van der Waals surface area contributed by atoms with Crippen molar-refractivity contribution in [3.05, 3.63) is 23.9 Å². The fraction of sp³-hybridized carbons (Fsp3) is 0.455. The smallest absolute Gasteiger partial charge is 0.224 e. The van der Waals surface area contributed by atoms with E-state index in [4.69, 9.17) is 10.5 Å². The molecule has 1 unspecified atom stereocenters. The van der Waals surface area contributed by atoms with Gasteiger partial charge in [0.05, 0.1) is 7.11 Å². The Morgan fingerprint density at radius 3 is 3.06 bits per heavy atom. The summed E-state index contributed by atoms with van der Waals surface area (Å²) in [6, 6.07) is 3.61. The van der Waals surface area contributed by atoms with E-state index in [9.17, 15) is 4.79 Å². The lowest BCUT2D eigenvalue weighted by atomic mass is 10.1. The van der Waals surface area contributed by atoms with E-state index in [0.717, 1.165) is 5.56 Å². The molecule has 0 aliphatic heterocycles. The van der Waals surface area contributed by atoms with Crippen molar-refractivity contribution in [2.75, 3.05) is 13.7 Å². The summed E-state index contributed by atoms with van der Waals surface area (Å²) in [5, 5.41) is 2.80. The summed E-state index contributed by atoms with van der Waals surface area (Å²) in [6.07, 6.45) is 1.65. The number of ether oxygens (including phenoxy) is 1. The third-order valence-corrected chi connectivity index (χ3v) is 2.28. The van der Waals surface area contributed by atoms with E-state index >= 15 is 0 Å². The number of aromatic nitrogens is 1. The zero-order valence-electron chi connectivity index (χ0n) is 9.56. The Morgan fingerprint density at radius 2 is 2.44 bits per heavy atom. The van der Waals surface area contributed by atoms with Crippen LogP contribution in [0.15, 0.2) is 18.3 Å². The van der Waals surface area contributed by atoms with Gasteiger partial charge in [-0.1, -0.05) is 6.92 Å². The van der Waals surface area contributed by atoms with Gasteiger partial charge < -0.3 is 15.8 Å². The van der Waals surface area contributed by atoms with Crippen LogP contribution in [0.1, 0.15) is 12.5 Å². The number of carbonyl (C=O) groups is 1. The minimum atomic E-state index is -0.163. The van der Waals surface area contributed by atoms with Crippen molar-refractivity contribution in [1.29, 1.82) is 0 Å². The zero-order valence-corrected chi connectivity index (χ0v) is 9.56. The number of hydrogen-bond acceptors (Lipinski definition) is 4. The molecule has 0 spiro atoms. The van der Waals surface area contributed by atoms with E-state index in [1.807, 2.05) is 6.07 Å². The lowest BCUT2D eigenvalue weighted by molar-refractivity contribution is -0.124. The van der Waals surface area contributed by atoms with Crippen molar-refractivity contribution in [3.63, 3.8) is 0 Å². The third kappa shape index (κ3) is 3.51. The van der Waals surface area contributed by atoms with Gasteiger partial charge >= 0.3 is 0 Å². The van der Waals surface area contributed by atoms with Crippen LogP contribution in [0, 0.1) is 5.92 Å². The maximum Gasteiger partial charge on any atom is 0.224 e. The van der Waals surface area contributed by atoms with Gasteiger partial charge in [0.2, 0.25) is 11.8 Å². The molecule has 0 aliphatic carbocycles. The van der Waals surface area contributed by atoms with Crippen LogP contribution in [0.2, 0.25) is 0 Å². The number of nitrogens with two attached hydrogens (primary N) is 1. The number of nitrogens with one attached hydrogen (secondary N) is 1. The Morgan fingerprint density at radius 1 is 1.69 bits per heavy atom. The van der Waals surface area contributed by atoms with Gasteiger partial charge in [-0.25, -0.2) is 4.98 Å². The molecule has 1 amide bonds. The van der Waals surface area contributed by atoms with Gasteiger partial charge in [-0.2, -0.15) is 0 Å². The van der Waals surface area contributed by atoms with Crippen LogP contribution < -0.4 is 15.8 Å². The molecule has 16 heavy (non-hydrogen) atoms. The quantitative estimate of drug-likeness (QED) is 0.752. The number of nitrogens with zero attached hydrogens (tertiary/aromatic N) is 1. The second kappa shape index (κ2) is 6.07. The topological polar surface area (TPSA) is 77.2 Å². The average Bonchev–Trinajstić information content (AvgIpc) is 2.35. The first-order valence-corrected chi connectivity index (χ1v) is 5.14. The monoisotopic (exact) mass is 223 g/mol. The summed E-state index contributed by atoms with van der Waals surface area (Å²) in [5.41, 5.74) is 6.35. The van der Waals surface area contributed by atoms with Crippen LogP contribution in [-0.2, 0) is 11.3 Å². The summed E-state index contributed by atoms with van der Waals surface area (Å²) in [6.45, 7) is 2.61. The van der Waals surface area contributed by atoms with Crippen molar-refractivity contribution in [1.82, 2.24) is 10.3 Å². The van der Waals surface area contributed by atoms with Gasteiger partial charge in [-0.3, -0.25) is 4.79 Å². The Kier molecular flexibility index (Phi) is 4.72. The van der Waals surface area contributed by atoms with Gasteiger partial charge in [-0.05, 0) is 11.6 Å². The number of amides is 1. The molecule has 3 N–H and O–H groups in total. The molecule has 0 saturated carbocycles. The first-order valence-electron chi connectivity index (χ1n) is 5.14. The molecule has 0 aromatic carbocycles. The van der Waals surface area contributed by atoms with Crippen LogP contribution in [-0.4, -0.2) is 24.5 Å². The van der Waals surface area contributed by atoms with Crippen LogP contribution in [0.25, 0.3) is 0 Å². The Labute approximate surface area is 95.0 Å². The maximum absolute atomic E-state index is 11.5. The number of pyridine rings is 1. The fourth-order valence-corrected chi connectivity index (χ4v) is 1.14. The first kappa shape index (κ1) is 12.4. The van der Waals surface area contributed by atoms with E-state index in [-0.39, 0.29) is 11.8 Å². The molecule has 1 atom stereocenters. The molecular formula is C11H17N3O2. The lowest BCUT2D eigenvalue weighted by Crippen LogP contribution is -2.32. The highest BCUT2D eigenvalue weighted by molar-refractivity contribution is 5.78. The van der Waals surface area contributed by atoms with E-state index in [1.165, 1.54) is 0 Å². The summed E-state index contributed by atoms with van der Waals surface area (Å²) >= 11 is 0. The van der Waals surface area contributed by atoms with Crippen molar-refractivity contribution in [3.8, 4) is 5.88 Å². The number of methoxy groups -OCH3 is 1. The van der Waals surface area contributed by atoms with Crippen LogP contribution in [0.3, 0.4) is 0 Å². The van der Waals surface area contributed by atoms with Crippen LogP contribution in [0.4, 0.5) is 0 Å². The maximum atomic E-state index is 11.5. The predicted octanol–water partition coefficient (Wildman–Crippen LogP) is 0.301. The molecule has 1 heterocycles. The zero-order chi connectivity index (χ0) is 12.0. The van der Waals surface area contributed by atoms with Gasteiger partial charge in [0.25, 0.3) is 0 Å². The lowest BCUT2D eigenvalue weighted by Gasteiger charge is -2.10. The molecule has 88 valence electrons. The molecule has 5 heteroatoms. The molecule has 5 nitrogen and oxygen atoms in total. The highest BCUT2D eigenvalue weighted by Gasteiger charge is 2.09. The van der Waals surface area contributed by atoms with Crippen LogP contribution >= 0.6 is 0 Å². The van der Waals surface area contributed by atoms with E-state index in [2.05, 4.69) is 10.3 Å². The normalized spacial score (nSPS) is 11.9. The third-order valence-electron chi connectivity index (χ3n) is 2.28. The number of carbonyl (C=O) groups excluding carboxylic acids is 1. The minimum absolute atomic E-state index is 0.0433. The van der Waals surface area contributed by atoms with Crippen LogP contribution in [0.5, 0.6) is 5.88 Å². The average molecular weight is 223 g/mol. The molecule has 0 aliphatic rings. The van der Waals surface area contributed by atoms with Gasteiger partial charge in [0.15, 0.2) is 0 Å². The molecule has 0 bridgehead atoms. The minimum Gasteiger partial charge on any atom is -0.481 e. The van der Waals surface area contributed by atoms with E-state index < -0.39 is 0 Å². The van der Waals surface area contributed by atoms with Crippen molar-refractivity contribution >= 4 is 5.91 Å². The Balaban J connectivity index is 2.51. The molecular weight excluding hydrogens is 206 g/mol. The van der Waals surface area contributed by atoms with Gasteiger partial charge in [-0.15, -0.1) is 0 Å². The highest BCUT2D eigenvalue weighted by atomic mass is 16.5. The first-order chi connectivity index (χ1) is 7.67. The fourth-order valence-electron chi connectivity index (χ4n) is 1.14. The molecule has 0 saturated heterocycles. The summed E-state index contributed by atoms with van der Waals surface area (Å²) in [7, 11) is 1.56. The largest absolute Gasteiger partial charge is 0.481 e. The molecule has 0 radical (unpaired) electrons.